The van der Waals surface area contributed by atoms with E-state index in [1.54, 1.807) is 6.07 Å². The van der Waals surface area contributed by atoms with Gasteiger partial charge < -0.3 is 5.32 Å². The maximum atomic E-state index is 12.2. The first kappa shape index (κ1) is 15.0. The van der Waals surface area contributed by atoms with Gasteiger partial charge in [-0.25, -0.2) is 0 Å². The van der Waals surface area contributed by atoms with E-state index >= 15 is 0 Å². The zero-order valence-corrected chi connectivity index (χ0v) is 12.9. The maximum absolute atomic E-state index is 12.2. The summed E-state index contributed by atoms with van der Waals surface area (Å²) in [5.41, 5.74) is 0.444. The van der Waals surface area contributed by atoms with Crippen LogP contribution in [-0.2, 0) is 0 Å². The van der Waals surface area contributed by atoms with Crippen LogP contribution in [0.4, 0.5) is 5.69 Å². The lowest BCUT2D eigenvalue weighted by atomic mass is 9.67. The molecule has 0 atom stereocenters. The highest BCUT2D eigenvalue weighted by atomic mass is 79.9. The van der Waals surface area contributed by atoms with Gasteiger partial charge in [-0.05, 0) is 46.7 Å². The van der Waals surface area contributed by atoms with Crippen LogP contribution in [0.3, 0.4) is 0 Å². The number of carbonyl (C=O) groups excluding carboxylic acids is 1. The van der Waals surface area contributed by atoms with Crippen molar-refractivity contribution in [3.8, 4) is 0 Å². The summed E-state index contributed by atoms with van der Waals surface area (Å²) in [6.45, 7) is 2.77. The van der Waals surface area contributed by atoms with Crippen LogP contribution in [0.5, 0.6) is 0 Å². The van der Waals surface area contributed by atoms with Gasteiger partial charge in [0.2, 0.25) is 0 Å². The first-order valence-corrected chi connectivity index (χ1v) is 7.49. The zero-order valence-electron chi connectivity index (χ0n) is 11.3. The third-order valence-corrected chi connectivity index (χ3v) is 5.04. The molecule has 1 saturated carbocycles. The topological polar surface area (TPSA) is 72.2 Å². The third kappa shape index (κ3) is 2.85. The minimum atomic E-state index is -0.500. The largest absolute Gasteiger partial charge is 0.351 e. The maximum Gasteiger partial charge on any atom is 0.284 e. The summed E-state index contributed by atoms with van der Waals surface area (Å²) in [5.74, 6) is -0.264. The van der Waals surface area contributed by atoms with Crippen molar-refractivity contribution < 1.29 is 9.72 Å². The number of carbonyl (C=O) groups is 1. The third-order valence-electron chi connectivity index (χ3n) is 4.21. The Morgan fingerprint density at radius 1 is 1.50 bits per heavy atom. The van der Waals surface area contributed by atoms with E-state index in [-0.39, 0.29) is 21.5 Å². The Hall–Kier alpha value is -1.43. The van der Waals surface area contributed by atoms with E-state index in [9.17, 15) is 14.9 Å². The van der Waals surface area contributed by atoms with Crippen LogP contribution < -0.4 is 5.32 Å². The van der Waals surface area contributed by atoms with Gasteiger partial charge in [0.05, 0.1) is 10.5 Å². The second kappa shape index (κ2) is 5.91. The number of nitro groups is 1. The Morgan fingerprint density at radius 2 is 2.20 bits per heavy atom. The van der Waals surface area contributed by atoms with Gasteiger partial charge in [-0.1, -0.05) is 19.4 Å². The van der Waals surface area contributed by atoms with Crippen molar-refractivity contribution in [3.05, 3.63) is 38.3 Å². The minimum absolute atomic E-state index is 0.0912. The molecule has 1 amide bonds. The summed E-state index contributed by atoms with van der Waals surface area (Å²) in [6, 6.07) is 4.49. The van der Waals surface area contributed by atoms with Crippen LogP contribution in [0.1, 0.15) is 43.0 Å². The van der Waals surface area contributed by atoms with Gasteiger partial charge in [0, 0.05) is 12.6 Å². The van der Waals surface area contributed by atoms with Gasteiger partial charge in [0.25, 0.3) is 11.6 Å². The van der Waals surface area contributed by atoms with E-state index in [0.717, 1.165) is 19.3 Å². The number of nitrogens with zero attached hydrogens (tertiary/aromatic N) is 1. The van der Waals surface area contributed by atoms with Crippen molar-refractivity contribution in [2.75, 3.05) is 6.54 Å². The molecular weight excluding hydrogens is 324 g/mol. The Balaban J connectivity index is 2.10. The average molecular weight is 341 g/mol. The average Bonchev–Trinajstić information content (AvgIpc) is 2.37. The molecule has 0 spiro atoms. The minimum Gasteiger partial charge on any atom is -0.351 e. The lowest BCUT2D eigenvalue weighted by Crippen LogP contribution is -2.41. The molecule has 0 aromatic heterocycles. The molecule has 1 aliphatic rings. The van der Waals surface area contributed by atoms with Gasteiger partial charge in [-0.15, -0.1) is 0 Å². The lowest BCUT2D eigenvalue weighted by molar-refractivity contribution is -0.385. The standard InChI is InChI=1S/C14H17BrN2O3/c1-2-14(7-4-8-14)9-16-13(18)10-5-3-6-11(12(10)15)17(19)20/h3,5-6H,2,4,7-9H2,1H3,(H,16,18). The molecule has 0 radical (unpaired) electrons. The normalized spacial score (nSPS) is 16.3. The Kier molecular flexibility index (Phi) is 4.42. The van der Waals surface area contributed by atoms with Gasteiger partial charge in [-0.3, -0.25) is 14.9 Å². The van der Waals surface area contributed by atoms with Crippen LogP contribution in [-0.4, -0.2) is 17.4 Å². The summed E-state index contributed by atoms with van der Waals surface area (Å²) < 4.78 is 0.238. The molecule has 0 unspecified atom stereocenters. The lowest BCUT2D eigenvalue weighted by Gasteiger charge is -2.41. The molecule has 0 bridgehead atoms. The second-order valence-electron chi connectivity index (χ2n) is 5.29. The summed E-state index contributed by atoms with van der Waals surface area (Å²) in [7, 11) is 0. The van der Waals surface area contributed by atoms with Crippen molar-refractivity contribution in [1.29, 1.82) is 0 Å². The van der Waals surface area contributed by atoms with Crippen molar-refractivity contribution in [2.24, 2.45) is 5.41 Å². The summed E-state index contributed by atoms with van der Waals surface area (Å²) in [5, 5.41) is 13.8. The second-order valence-corrected chi connectivity index (χ2v) is 6.08. The van der Waals surface area contributed by atoms with Crippen LogP contribution in [0.25, 0.3) is 0 Å². The van der Waals surface area contributed by atoms with Crippen LogP contribution in [0, 0.1) is 15.5 Å². The smallest absolute Gasteiger partial charge is 0.284 e. The van der Waals surface area contributed by atoms with Crippen molar-refractivity contribution in [2.45, 2.75) is 32.6 Å². The molecule has 108 valence electrons. The predicted octanol–water partition coefficient (Wildman–Crippen LogP) is 3.67. The monoisotopic (exact) mass is 340 g/mol. The molecule has 1 aromatic rings. The molecule has 2 rings (SSSR count). The highest BCUT2D eigenvalue weighted by Crippen LogP contribution is 2.43. The quantitative estimate of drug-likeness (QED) is 0.656. The Labute approximate surface area is 126 Å². The number of nitrogens with one attached hydrogen (secondary N) is 1. The first-order valence-electron chi connectivity index (χ1n) is 6.70. The molecule has 1 fully saturated rings. The van der Waals surface area contributed by atoms with Gasteiger partial charge >= 0.3 is 0 Å². The molecule has 0 heterocycles. The van der Waals surface area contributed by atoms with E-state index in [0.29, 0.717) is 12.1 Å². The van der Waals surface area contributed by atoms with Gasteiger partial charge in [-0.2, -0.15) is 0 Å². The molecular formula is C14H17BrN2O3. The van der Waals surface area contributed by atoms with Crippen molar-refractivity contribution in [1.82, 2.24) is 5.32 Å². The number of hydrogen-bond donors (Lipinski definition) is 1. The number of rotatable bonds is 5. The molecule has 20 heavy (non-hydrogen) atoms. The highest BCUT2D eigenvalue weighted by molar-refractivity contribution is 9.10. The van der Waals surface area contributed by atoms with E-state index in [1.807, 2.05) is 0 Å². The Morgan fingerprint density at radius 3 is 2.70 bits per heavy atom. The summed E-state index contributed by atoms with van der Waals surface area (Å²) in [4.78, 5) is 22.5. The molecule has 1 aliphatic carbocycles. The number of hydrogen-bond acceptors (Lipinski definition) is 3. The molecule has 5 nitrogen and oxygen atoms in total. The Bertz CT molecular complexity index is 536. The highest BCUT2D eigenvalue weighted by Gasteiger charge is 2.35. The molecule has 1 N–H and O–H groups in total. The first-order chi connectivity index (χ1) is 9.49. The summed E-state index contributed by atoms with van der Waals surface area (Å²) >= 11 is 3.15. The number of benzene rings is 1. The van der Waals surface area contributed by atoms with E-state index < -0.39 is 4.92 Å². The number of nitro benzene ring substituents is 1. The molecule has 0 saturated heterocycles. The van der Waals surface area contributed by atoms with Gasteiger partial charge in [0.15, 0.2) is 0 Å². The van der Waals surface area contributed by atoms with Crippen LogP contribution in [0.2, 0.25) is 0 Å². The molecule has 6 heteroatoms. The van der Waals surface area contributed by atoms with E-state index in [2.05, 4.69) is 28.2 Å². The van der Waals surface area contributed by atoms with E-state index in [1.165, 1.54) is 18.6 Å². The fraction of sp³-hybridized carbons (Fsp3) is 0.500. The fourth-order valence-electron chi connectivity index (χ4n) is 2.53. The number of halogens is 1. The van der Waals surface area contributed by atoms with Crippen molar-refractivity contribution >= 4 is 27.5 Å². The van der Waals surface area contributed by atoms with Crippen LogP contribution >= 0.6 is 15.9 Å². The van der Waals surface area contributed by atoms with Crippen LogP contribution in [0.15, 0.2) is 22.7 Å². The molecule has 0 aliphatic heterocycles. The predicted molar refractivity (Wildman–Crippen MR) is 79.7 cm³/mol. The fourth-order valence-corrected chi connectivity index (χ4v) is 3.12. The SMILES string of the molecule is CCC1(CNC(=O)c2cccc([N+](=O)[O-])c2Br)CCC1. The van der Waals surface area contributed by atoms with Crippen molar-refractivity contribution in [3.63, 3.8) is 0 Å². The zero-order chi connectivity index (χ0) is 14.8. The molecule has 1 aromatic carbocycles. The van der Waals surface area contributed by atoms with E-state index in [4.69, 9.17) is 0 Å². The summed E-state index contributed by atoms with van der Waals surface area (Å²) in [6.07, 6.45) is 4.54. The number of amides is 1. The van der Waals surface area contributed by atoms with Gasteiger partial charge in [0.1, 0.15) is 4.47 Å².